The van der Waals surface area contributed by atoms with Crippen LogP contribution in [0.4, 0.5) is 0 Å². The summed E-state index contributed by atoms with van der Waals surface area (Å²) in [6.45, 7) is 4.15. The van der Waals surface area contributed by atoms with Gasteiger partial charge in [0.15, 0.2) is 0 Å². The van der Waals surface area contributed by atoms with Crippen LogP contribution >= 0.6 is 11.8 Å². The minimum Gasteiger partial charge on any atom is -0.462 e. The molecule has 2 nitrogen and oxygen atoms in total. The normalized spacial score (nSPS) is 9.93. The molecule has 0 heterocycles. The minimum absolute atomic E-state index is 0.238. The first-order valence-electron chi connectivity index (χ1n) is 4.50. The van der Waals surface area contributed by atoms with Crippen LogP contribution in [0.1, 0.15) is 22.8 Å². The second-order valence-electron chi connectivity index (χ2n) is 2.90. The van der Waals surface area contributed by atoms with E-state index in [9.17, 15) is 4.79 Å². The highest BCUT2D eigenvalue weighted by atomic mass is 32.2. The summed E-state index contributed by atoms with van der Waals surface area (Å²) >= 11 is 1.66. The van der Waals surface area contributed by atoms with E-state index >= 15 is 0 Å². The Kier molecular flexibility index (Phi) is 4.01. The molecule has 0 aliphatic rings. The van der Waals surface area contributed by atoms with Gasteiger partial charge in [-0.1, -0.05) is 0 Å². The second-order valence-corrected chi connectivity index (χ2v) is 3.78. The van der Waals surface area contributed by atoms with E-state index in [1.807, 2.05) is 38.3 Å². The first kappa shape index (κ1) is 11.1. The van der Waals surface area contributed by atoms with Crippen LogP contribution in [-0.2, 0) is 4.74 Å². The maximum absolute atomic E-state index is 11.4. The van der Waals surface area contributed by atoms with E-state index in [0.29, 0.717) is 12.2 Å². The molecule has 0 saturated heterocycles. The van der Waals surface area contributed by atoms with Gasteiger partial charge in [-0.25, -0.2) is 4.79 Å². The summed E-state index contributed by atoms with van der Waals surface area (Å²) in [7, 11) is 0. The summed E-state index contributed by atoms with van der Waals surface area (Å²) in [4.78, 5) is 12.6. The molecule has 14 heavy (non-hydrogen) atoms. The lowest BCUT2D eigenvalue weighted by atomic mass is 10.1. The highest BCUT2D eigenvalue weighted by Crippen LogP contribution is 2.19. The van der Waals surface area contributed by atoms with E-state index in [4.69, 9.17) is 4.74 Å². The molecule has 0 amide bonds. The molecular formula is C11H14O2S. The van der Waals surface area contributed by atoms with Gasteiger partial charge in [-0.15, -0.1) is 11.8 Å². The molecule has 0 unspecified atom stereocenters. The number of carbonyl (C=O) groups excluding carboxylic acids is 1. The van der Waals surface area contributed by atoms with Crippen LogP contribution in [0.15, 0.2) is 23.1 Å². The molecule has 1 aromatic carbocycles. The van der Waals surface area contributed by atoms with E-state index in [-0.39, 0.29) is 5.97 Å². The standard InChI is InChI=1S/C11H14O2S/c1-4-13-11(12)10-6-5-9(14-3)7-8(10)2/h5-7H,4H2,1-3H3. The Hall–Kier alpha value is -0.960. The number of hydrogen-bond donors (Lipinski definition) is 0. The predicted octanol–water partition coefficient (Wildman–Crippen LogP) is 2.89. The Morgan fingerprint density at radius 3 is 2.71 bits per heavy atom. The van der Waals surface area contributed by atoms with Crippen molar-refractivity contribution in [3.8, 4) is 0 Å². The van der Waals surface area contributed by atoms with Crippen LogP contribution in [0.5, 0.6) is 0 Å². The molecule has 0 radical (unpaired) electrons. The number of hydrogen-bond acceptors (Lipinski definition) is 3. The summed E-state index contributed by atoms with van der Waals surface area (Å²) in [6, 6.07) is 5.75. The Morgan fingerprint density at radius 1 is 1.50 bits per heavy atom. The molecule has 0 aliphatic heterocycles. The molecule has 0 N–H and O–H groups in total. The van der Waals surface area contributed by atoms with Crippen LogP contribution < -0.4 is 0 Å². The first-order valence-corrected chi connectivity index (χ1v) is 5.73. The summed E-state index contributed by atoms with van der Waals surface area (Å²) in [5.41, 5.74) is 1.62. The fourth-order valence-electron chi connectivity index (χ4n) is 1.20. The van der Waals surface area contributed by atoms with Crippen LogP contribution in [0.2, 0.25) is 0 Å². The van der Waals surface area contributed by atoms with E-state index in [1.165, 1.54) is 0 Å². The lowest BCUT2D eigenvalue weighted by molar-refractivity contribution is 0.0525. The molecule has 0 saturated carbocycles. The van der Waals surface area contributed by atoms with E-state index in [1.54, 1.807) is 11.8 Å². The maximum Gasteiger partial charge on any atom is 0.338 e. The number of esters is 1. The number of aryl methyl sites for hydroxylation is 1. The topological polar surface area (TPSA) is 26.3 Å². The van der Waals surface area contributed by atoms with Gasteiger partial charge in [0.05, 0.1) is 12.2 Å². The van der Waals surface area contributed by atoms with Gasteiger partial charge < -0.3 is 4.74 Å². The Labute approximate surface area is 88.7 Å². The molecule has 0 aliphatic carbocycles. The lowest BCUT2D eigenvalue weighted by Gasteiger charge is -2.06. The number of thioether (sulfide) groups is 1. The number of carbonyl (C=O) groups is 1. The number of ether oxygens (including phenoxy) is 1. The zero-order valence-corrected chi connectivity index (χ0v) is 9.48. The van der Waals surface area contributed by atoms with Crippen molar-refractivity contribution < 1.29 is 9.53 Å². The smallest absolute Gasteiger partial charge is 0.338 e. The van der Waals surface area contributed by atoms with Crippen molar-refractivity contribution in [2.75, 3.05) is 12.9 Å². The molecule has 0 spiro atoms. The van der Waals surface area contributed by atoms with Gasteiger partial charge in [0.25, 0.3) is 0 Å². The van der Waals surface area contributed by atoms with Crippen molar-refractivity contribution >= 4 is 17.7 Å². The van der Waals surface area contributed by atoms with Gasteiger partial charge in [-0.3, -0.25) is 0 Å². The van der Waals surface area contributed by atoms with Crippen molar-refractivity contribution in [2.24, 2.45) is 0 Å². The third-order valence-electron chi connectivity index (χ3n) is 1.93. The van der Waals surface area contributed by atoms with Gasteiger partial charge in [0.2, 0.25) is 0 Å². The van der Waals surface area contributed by atoms with Crippen LogP contribution in [0.3, 0.4) is 0 Å². The fraction of sp³-hybridized carbons (Fsp3) is 0.364. The predicted molar refractivity (Wildman–Crippen MR) is 58.9 cm³/mol. The number of rotatable bonds is 3. The zero-order chi connectivity index (χ0) is 10.6. The van der Waals surface area contributed by atoms with Crippen molar-refractivity contribution in [3.63, 3.8) is 0 Å². The fourth-order valence-corrected chi connectivity index (χ4v) is 1.70. The molecule has 3 heteroatoms. The number of benzene rings is 1. The van der Waals surface area contributed by atoms with E-state index < -0.39 is 0 Å². The summed E-state index contributed by atoms with van der Waals surface area (Å²) < 4.78 is 4.94. The van der Waals surface area contributed by atoms with Crippen LogP contribution in [-0.4, -0.2) is 18.8 Å². The van der Waals surface area contributed by atoms with Crippen LogP contribution in [0, 0.1) is 6.92 Å². The van der Waals surface area contributed by atoms with Gasteiger partial charge in [0, 0.05) is 4.90 Å². The average molecular weight is 210 g/mol. The Morgan fingerprint density at radius 2 is 2.21 bits per heavy atom. The molecular weight excluding hydrogens is 196 g/mol. The summed E-state index contributed by atoms with van der Waals surface area (Å²) in [5, 5.41) is 0. The Bertz CT molecular complexity index is 334. The maximum atomic E-state index is 11.4. The highest BCUT2D eigenvalue weighted by Gasteiger charge is 2.09. The molecule has 0 bridgehead atoms. The quantitative estimate of drug-likeness (QED) is 0.567. The first-order chi connectivity index (χ1) is 6.69. The van der Waals surface area contributed by atoms with Gasteiger partial charge in [-0.05, 0) is 43.9 Å². The van der Waals surface area contributed by atoms with Crippen molar-refractivity contribution in [1.29, 1.82) is 0 Å². The third-order valence-corrected chi connectivity index (χ3v) is 2.65. The van der Waals surface area contributed by atoms with Crippen molar-refractivity contribution in [3.05, 3.63) is 29.3 Å². The van der Waals surface area contributed by atoms with E-state index in [0.717, 1.165) is 10.5 Å². The van der Waals surface area contributed by atoms with Crippen molar-refractivity contribution in [2.45, 2.75) is 18.7 Å². The largest absolute Gasteiger partial charge is 0.462 e. The minimum atomic E-state index is -0.238. The van der Waals surface area contributed by atoms with Crippen LogP contribution in [0.25, 0.3) is 0 Å². The molecule has 0 aromatic heterocycles. The van der Waals surface area contributed by atoms with Gasteiger partial charge in [0.1, 0.15) is 0 Å². The lowest BCUT2D eigenvalue weighted by Crippen LogP contribution is -2.06. The third kappa shape index (κ3) is 2.51. The zero-order valence-electron chi connectivity index (χ0n) is 8.66. The SMILES string of the molecule is CCOC(=O)c1ccc(SC)cc1C. The molecule has 1 rings (SSSR count). The Balaban J connectivity index is 2.94. The molecule has 0 atom stereocenters. The highest BCUT2D eigenvalue weighted by molar-refractivity contribution is 7.98. The molecule has 1 aromatic rings. The molecule has 76 valence electrons. The van der Waals surface area contributed by atoms with E-state index in [2.05, 4.69) is 0 Å². The second kappa shape index (κ2) is 5.05. The summed E-state index contributed by atoms with van der Waals surface area (Å²) in [6.07, 6.45) is 2.01. The average Bonchev–Trinajstić information content (AvgIpc) is 2.17. The monoisotopic (exact) mass is 210 g/mol. The molecule has 0 fully saturated rings. The van der Waals surface area contributed by atoms with Crippen molar-refractivity contribution in [1.82, 2.24) is 0 Å². The van der Waals surface area contributed by atoms with Gasteiger partial charge >= 0.3 is 5.97 Å². The summed E-state index contributed by atoms with van der Waals surface area (Å²) in [5.74, 6) is -0.238. The van der Waals surface area contributed by atoms with Gasteiger partial charge in [-0.2, -0.15) is 0 Å².